The molecule has 0 bridgehead atoms. The number of amides is 1. The van der Waals surface area contributed by atoms with Crippen LogP contribution in [0.3, 0.4) is 0 Å². The molecule has 0 radical (unpaired) electrons. The summed E-state index contributed by atoms with van der Waals surface area (Å²) >= 11 is 0. The molecule has 3 aromatic rings. The first-order chi connectivity index (χ1) is 11.0. The number of carbonyl (C=O) groups excluding carboxylic acids is 1. The van der Waals surface area contributed by atoms with Crippen molar-refractivity contribution in [3.63, 3.8) is 0 Å². The van der Waals surface area contributed by atoms with Gasteiger partial charge < -0.3 is 9.88 Å². The maximum absolute atomic E-state index is 13.3. The predicted octanol–water partition coefficient (Wildman–Crippen LogP) is 3.09. The van der Waals surface area contributed by atoms with Gasteiger partial charge in [0.2, 0.25) is 5.91 Å². The number of anilines is 1. The second kappa shape index (κ2) is 6.04. The van der Waals surface area contributed by atoms with Crippen LogP contribution in [-0.4, -0.2) is 10.5 Å². The highest BCUT2D eigenvalue weighted by Gasteiger charge is 2.09. The smallest absolute Gasteiger partial charge is 0.244 e. The third-order valence-corrected chi connectivity index (χ3v) is 3.67. The molecule has 1 heterocycles. The van der Waals surface area contributed by atoms with E-state index in [4.69, 9.17) is 0 Å². The molecule has 0 atom stereocenters. The number of aromatic nitrogens is 1. The Hall–Kier alpha value is -2.95. The van der Waals surface area contributed by atoms with Crippen LogP contribution in [0.25, 0.3) is 10.9 Å². The minimum absolute atomic E-state index is 0.0384. The molecule has 1 amide bonds. The second-order valence-electron chi connectivity index (χ2n) is 5.33. The minimum atomic E-state index is -0.475. The maximum Gasteiger partial charge on any atom is 0.244 e. The largest absolute Gasteiger partial charge is 0.338 e. The second-order valence-corrected chi connectivity index (χ2v) is 5.33. The number of para-hydroxylation sites is 1. The van der Waals surface area contributed by atoms with Crippen LogP contribution in [0.1, 0.15) is 5.56 Å². The van der Waals surface area contributed by atoms with Crippen molar-refractivity contribution in [2.24, 2.45) is 0 Å². The Morgan fingerprint density at radius 1 is 1.17 bits per heavy atom. The van der Waals surface area contributed by atoms with Crippen LogP contribution in [0.2, 0.25) is 0 Å². The fourth-order valence-electron chi connectivity index (χ4n) is 2.48. The first-order valence-electron chi connectivity index (χ1n) is 7.19. The molecular weight excluding hydrogens is 295 g/mol. The third kappa shape index (κ3) is 3.13. The molecule has 4 nitrogen and oxygen atoms in total. The SMILES string of the molecule is Cc1ccccc1NC(=O)Cn1ccc(=O)c2cc(F)ccc21. The highest BCUT2D eigenvalue weighted by molar-refractivity contribution is 5.92. The number of halogens is 1. The first kappa shape index (κ1) is 15.0. The average Bonchev–Trinajstić information content (AvgIpc) is 2.52. The Morgan fingerprint density at radius 3 is 2.74 bits per heavy atom. The molecule has 0 spiro atoms. The first-order valence-corrected chi connectivity index (χ1v) is 7.19. The van der Waals surface area contributed by atoms with E-state index in [2.05, 4.69) is 5.32 Å². The van der Waals surface area contributed by atoms with Crippen molar-refractivity contribution in [3.05, 3.63) is 76.3 Å². The van der Waals surface area contributed by atoms with Gasteiger partial charge in [-0.15, -0.1) is 0 Å². The highest BCUT2D eigenvalue weighted by atomic mass is 19.1. The summed E-state index contributed by atoms with van der Waals surface area (Å²) in [5, 5.41) is 3.10. The lowest BCUT2D eigenvalue weighted by Gasteiger charge is -2.12. The summed E-state index contributed by atoms with van der Waals surface area (Å²) < 4.78 is 14.9. The average molecular weight is 310 g/mol. The fraction of sp³-hybridized carbons (Fsp3) is 0.111. The van der Waals surface area contributed by atoms with Gasteiger partial charge in [-0.1, -0.05) is 18.2 Å². The van der Waals surface area contributed by atoms with Crippen molar-refractivity contribution >= 4 is 22.5 Å². The molecule has 0 saturated heterocycles. The van der Waals surface area contributed by atoms with Gasteiger partial charge in [0.15, 0.2) is 5.43 Å². The standard InChI is InChI=1S/C18H15FN2O2/c1-12-4-2-3-5-15(12)20-18(23)11-21-9-8-17(22)14-10-13(19)6-7-16(14)21/h2-10H,11H2,1H3,(H,20,23). The van der Waals surface area contributed by atoms with Gasteiger partial charge in [0, 0.05) is 23.3 Å². The van der Waals surface area contributed by atoms with Crippen molar-refractivity contribution in [2.45, 2.75) is 13.5 Å². The van der Waals surface area contributed by atoms with Crippen molar-refractivity contribution in [3.8, 4) is 0 Å². The third-order valence-electron chi connectivity index (χ3n) is 3.67. The minimum Gasteiger partial charge on any atom is -0.338 e. The number of rotatable bonds is 3. The monoisotopic (exact) mass is 310 g/mol. The van der Waals surface area contributed by atoms with E-state index in [0.717, 1.165) is 11.3 Å². The van der Waals surface area contributed by atoms with Gasteiger partial charge in [-0.25, -0.2) is 4.39 Å². The topological polar surface area (TPSA) is 51.1 Å². The lowest BCUT2D eigenvalue weighted by atomic mass is 10.2. The van der Waals surface area contributed by atoms with E-state index >= 15 is 0 Å². The van der Waals surface area contributed by atoms with Crippen LogP contribution in [0.15, 0.2) is 59.5 Å². The summed E-state index contributed by atoms with van der Waals surface area (Å²) in [7, 11) is 0. The Kier molecular flexibility index (Phi) is 3.93. The molecule has 2 aromatic carbocycles. The zero-order chi connectivity index (χ0) is 16.4. The molecule has 0 aliphatic carbocycles. The quantitative estimate of drug-likeness (QED) is 0.808. The molecule has 5 heteroatoms. The molecule has 0 aliphatic heterocycles. The molecule has 0 aliphatic rings. The van der Waals surface area contributed by atoms with Gasteiger partial charge in [-0.2, -0.15) is 0 Å². The fourth-order valence-corrected chi connectivity index (χ4v) is 2.48. The predicted molar refractivity (Wildman–Crippen MR) is 88.0 cm³/mol. The maximum atomic E-state index is 13.3. The van der Waals surface area contributed by atoms with Crippen LogP contribution in [0.4, 0.5) is 10.1 Å². The normalized spacial score (nSPS) is 10.7. The zero-order valence-electron chi connectivity index (χ0n) is 12.5. The lowest BCUT2D eigenvalue weighted by molar-refractivity contribution is -0.116. The summed E-state index contributed by atoms with van der Waals surface area (Å²) in [4.78, 5) is 24.1. The Bertz CT molecular complexity index is 947. The number of hydrogen-bond donors (Lipinski definition) is 1. The molecule has 1 N–H and O–H groups in total. The number of nitrogens with zero attached hydrogens (tertiary/aromatic N) is 1. The number of pyridine rings is 1. The molecular formula is C18H15FN2O2. The summed E-state index contributed by atoms with van der Waals surface area (Å²) in [6.07, 6.45) is 1.54. The highest BCUT2D eigenvalue weighted by Crippen LogP contribution is 2.15. The van der Waals surface area contributed by atoms with Crippen molar-refractivity contribution in [2.75, 3.05) is 5.32 Å². The molecule has 1 aromatic heterocycles. The van der Waals surface area contributed by atoms with Crippen LogP contribution < -0.4 is 10.7 Å². The molecule has 0 saturated carbocycles. The van der Waals surface area contributed by atoms with E-state index in [0.29, 0.717) is 5.52 Å². The van der Waals surface area contributed by atoms with E-state index in [-0.39, 0.29) is 23.3 Å². The van der Waals surface area contributed by atoms with Gasteiger partial charge in [0.05, 0.1) is 5.52 Å². The van der Waals surface area contributed by atoms with Gasteiger partial charge in [0.1, 0.15) is 12.4 Å². The van der Waals surface area contributed by atoms with Crippen molar-refractivity contribution in [1.29, 1.82) is 0 Å². The Balaban J connectivity index is 1.90. The molecule has 0 unspecified atom stereocenters. The number of aryl methyl sites for hydroxylation is 1. The number of carbonyl (C=O) groups is 1. The number of hydrogen-bond acceptors (Lipinski definition) is 2. The van der Waals surface area contributed by atoms with Crippen LogP contribution in [0.5, 0.6) is 0 Å². The molecule has 23 heavy (non-hydrogen) atoms. The van der Waals surface area contributed by atoms with Crippen molar-refractivity contribution < 1.29 is 9.18 Å². The van der Waals surface area contributed by atoms with Gasteiger partial charge in [-0.3, -0.25) is 9.59 Å². The van der Waals surface area contributed by atoms with Gasteiger partial charge in [-0.05, 0) is 36.8 Å². The van der Waals surface area contributed by atoms with Gasteiger partial charge >= 0.3 is 0 Å². The molecule has 116 valence electrons. The number of benzene rings is 2. The Labute approximate surface area is 132 Å². The van der Waals surface area contributed by atoms with Crippen LogP contribution >= 0.6 is 0 Å². The molecule has 3 rings (SSSR count). The van der Waals surface area contributed by atoms with E-state index < -0.39 is 5.82 Å². The van der Waals surface area contributed by atoms with Crippen molar-refractivity contribution in [1.82, 2.24) is 4.57 Å². The van der Waals surface area contributed by atoms with E-state index in [9.17, 15) is 14.0 Å². The zero-order valence-corrected chi connectivity index (χ0v) is 12.5. The summed E-state index contributed by atoms with van der Waals surface area (Å²) in [5.41, 5.74) is 1.97. The van der Waals surface area contributed by atoms with E-state index in [1.807, 2.05) is 31.2 Å². The number of nitrogens with one attached hydrogen (secondary N) is 1. The van der Waals surface area contributed by atoms with E-state index in [1.165, 1.54) is 24.3 Å². The van der Waals surface area contributed by atoms with Gasteiger partial charge in [0.25, 0.3) is 0 Å². The summed E-state index contributed by atoms with van der Waals surface area (Å²) in [5.74, 6) is -0.690. The summed E-state index contributed by atoms with van der Waals surface area (Å²) in [6, 6.07) is 12.8. The lowest BCUT2D eigenvalue weighted by Crippen LogP contribution is -2.20. The summed E-state index contributed by atoms with van der Waals surface area (Å²) in [6.45, 7) is 1.95. The van der Waals surface area contributed by atoms with E-state index in [1.54, 1.807) is 10.8 Å². The molecule has 0 fully saturated rings. The Morgan fingerprint density at radius 2 is 1.96 bits per heavy atom. The van der Waals surface area contributed by atoms with Crippen LogP contribution in [-0.2, 0) is 11.3 Å². The number of fused-ring (bicyclic) bond motifs is 1. The van der Waals surface area contributed by atoms with Crippen LogP contribution in [0, 0.1) is 12.7 Å².